The summed E-state index contributed by atoms with van der Waals surface area (Å²) < 4.78 is 5.17. The Hall–Kier alpha value is -2.10. The number of rotatable bonds is 4. The van der Waals surface area contributed by atoms with Crippen LogP contribution in [0, 0.1) is 5.92 Å². The van der Waals surface area contributed by atoms with Crippen molar-refractivity contribution in [2.45, 2.75) is 19.3 Å². The van der Waals surface area contributed by atoms with Gasteiger partial charge in [-0.25, -0.2) is 0 Å². The molecule has 0 spiro atoms. The van der Waals surface area contributed by atoms with Gasteiger partial charge in [0.15, 0.2) is 5.82 Å². The second-order valence-corrected chi connectivity index (χ2v) is 4.70. The van der Waals surface area contributed by atoms with Crippen molar-refractivity contribution >= 4 is 17.8 Å². The van der Waals surface area contributed by atoms with E-state index in [2.05, 4.69) is 10.1 Å². The Balaban J connectivity index is 1.69. The van der Waals surface area contributed by atoms with Gasteiger partial charge in [-0.2, -0.15) is 4.98 Å². The summed E-state index contributed by atoms with van der Waals surface area (Å²) in [6, 6.07) is 7.66. The van der Waals surface area contributed by atoms with E-state index < -0.39 is 0 Å². The number of anilines is 1. The molecule has 0 unspecified atom stereocenters. The van der Waals surface area contributed by atoms with Crippen molar-refractivity contribution in [3.05, 3.63) is 41.5 Å². The minimum atomic E-state index is 0.549. The van der Waals surface area contributed by atoms with E-state index in [4.69, 9.17) is 10.3 Å². The van der Waals surface area contributed by atoms with Crippen LogP contribution in [0.4, 0.5) is 5.69 Å². The van der Waals surface area contributed by atoms with Crippen LogP contribution in [0.25, 0.3) is 12.2 Å². The highest BCUT2D eigenvalue weighted by Gasteiger charge is 2.23. The van der Waals surface area contributed by atoms with E-state index in [1.807, 2.05) is 36.4 Å². The van der Waals surface area contributed by atoms with Gasteiger partial charge in [0.25, 0.3) is 5.89 Å². The third-order valence-corrected chi connectivity index (χ3v) is 2.98. The molecule has 1 aromatic carbocycles. The molecule has 18 heavy (non-hydrogen) atoms. The quantitative estimate of drug-likeness (QED) is 0.836. The second-order valence-electron chi connectivity index (χ2n) is 4.70. The first-order valence-electron chi connectivity index (χ1n) is 6.16. The number of hydrogen-bond acceptors (Lipinski definition) is 4. The lowest BCUT2D eigenvalue weighted by Crippen LogP contribution is -1.89. The summed E-state index contributed by atoms with van der Waals surface area (Å²) in [6.07, 6.45) is 7.27. The average molecular weight is 241 g/mol. The summed E-state index contributed by atoms with van der Waals surface area (Å²) in [5, 5.41) is 3.96. The smallest absolute Gasteiger partial charge is 0.250 e. The fourth-order valence-corrected chi connectivity index (χ4v) is 1.83. The summed E-state index contributed by atoms with van der Waals surface area (Å²) in [4.78, 5) is 4.33. The van der Waals surface area contributed by atoms with E-state index in [1.165, 1.54) is 12.8 Å². The van der Waals surface area contributed by atoms with Crippen LogP contribution in [0.15, 0.2) is 28.8 Å². The van der Waals surface area contributed by atoms with Crippen LogP contribution < -0.4 is 5.73 Å². The van der Waals surface area contributed by atoms with Crippen LogP contribution in [0.5, 0.6) is 0 Å². The minimum absolute atomic E-state index is 0.549. The molecule has 0 radical (unpaired) electrons. The standard InChI is InChI=1S/C14H15N3O/c15-12-3-1-2-10(8-12)6-7-14-16-13(17-18-14)9-11-4-5-11/h1-3,6-8,11H,4-5,9,15H2/b7-6+. The first kappa shape index (κ1) is 11.0. The number of nitrogens with two attached hydrogens (primary N) is 1. The molecule has 1 aromatic heterocycles. The van der Waals surface area contributed by atoms with E-state index in [-0.39, 0.29) is 0 Å². The SMILES string of the molecule is Nc1cccc(/C=C/c2nc(CC3CC3)no2)c1. The molecule has 0 amide bonds. The van der Waals surface area contributed by atoms with E-state index >= 15 is 0 Å². The lowest BCUT2D eigenvalue weighted by atomic mass is 10.2. The van der Waals surface area contributed by atoms with Gasteiger partial charge in [-0.05, 0) is 42.5 Å². The normalized spacial score (nSPS) is 15.3. The Labute approximate surface area is 106 Å². The Bertz CT molecular complexity index is 570. The molecule has 1 fully saturated rings. The maximum Gasteiger partial charge on any atom is 0.250 e. The van der Waals surface area contributed by atoms with E-state index in [9.17, 15) is 0 Å². The zero-order valence-corrected chi connectivity index (χ0v) is 10.0. The summed E-state index contributed by atoms with van der Waals surface area (Å²) in [7, 11) is 0. The molecule has 0 aliphatic heterocycles. The average Bonchev–Trinajstić information content (AvgIpc) is 3.05. The van der Waals surface area contributed by atoms with Crippen LogP contribution in [-0.4, -0.2) is 10.1 Å². The van der Waals surface area contributed by atoms with E-state index in [0.717, 1.165) is 29.4 Å². The van der Waals surface area contributed by atoms with Gasteiger partial charge in [-0.1, -0.05) is 17.3 Å². The first-order chi connectivity index (χ1) is 8.79. The highest BCUT2D eigenvalue weighted by atomic mass is 16.5. The Kier molecular flexibility index (Phi) is 2.84. The lowest BCUT2D eigenvalue weighted by molar-refractivity contribution is 0.402. The van der Waals surface area contributed by atoms with Gasteiger partial charge in [0.2, 0.25) is 0 Å². The van der Waals surface area contributed by atoms with Crippen molar-refractivity contribution in [1.82, 2.24) is 10.1 Å². The van der Waals surface area contributed by atoms with Gasteiger partial charge in [0.05, 0.1) is 0 Å². The Morgan fingerprint density at radius 3 is 3.00 bits per heavy atom. The fraction of sp³-hybridized carbons (Fsp3) is 0.286. The highest BCUT2D eigenvalue weighted by Crippen LogP contribution is 2.31. The maximum atomic E-state index is 5.71. The van der Waals surface area contributed by atoms with Crippen molar-refractivity contribution in [2.75, 3.05) is 5.73 Å². The van der Waals surface area contributed by atoms with E-state index in [1.54, 1.807) is 0 Å². The topological polar surface area (TPSA) is 64.9 Å². The second kappa shape index (κ2) is 4.64. The summed E-state index contributed by atoms with van der Waals surface area (Å²) in [5.74, 6) is 2.13. The Morgan fingerprint density at radius 1 is 1.33 bits per heavy atom. The molecule has 2 aromatic rings. The van der Waals surface area contributed by atoms with Gasteiger partial charge in [-0.15, -0.1) is 0 Å². The van der Waals surface area contributed by atoms with Crippen LogP contribution >= 0.6 is 0 Å². The van der Waals surface area contributed by atoms with Crippen LogP contribution in [-0.2, 0) is 6.42 Å². The molecule has 0 atom stereocenters. The van der Waals surface area contributed by atoms with Crippen molar-refractivity contribution in [3.63, 3.8) is 0 Å². The van der Waals surface area contributed by atoms with Crippen LogP contribution in [0.2, 0.25) is 0 Å². The van der Waals surface area contributed by atoms with Gasteiger partial charge in [0.1, 0.15) is 0 Å². The molecule has 4 nitrogen and oxygen atoms in total. The highest BCUT2D eigenvalue weighted by molar-refractivity contribution is 5.67. The molecule has 1 heterocycles. The van der Waals surface area contributed by atoms with Gasteiger partial charge < -0.3 is 10.3 Å². The van der Waals surface area contributed by atoms with E-state index in [0.29, 0.717) is 5.89 Å². The minimum Gasteiger partial charge on any atom is -0.399 e. The molecule has 0 bridgehead atoms. The van der Waals surface area contributed by atoms with Crippen molar-refractivity contribution < 1.29 is 4.52 Å². The van der Waals surface area contributed by atoms with Gasteiger partial charge >= 0.3 is 0 Å². The molecule has 4 heteroatoms. The molecule has 3 rings (SSSR count). The zero-order valence-electron chi connectivity index (χ0n) is 10.0. The molecule has 1 saturated carbocycles. The monoisotopic (exact) mass is 241 g/mol. The van der Waals surface area contributed by atoms with Gasteiger partial charge in [-0.3, -0.25) is 0 Å². The molecule has 0 saturated heterocycles. The summed E-state index contributed by atoms with van der Waals surface area (Å²) in [5.41, 5.74) is 7.48. The molecule has 92 valence electrons. The molecular weight excluding hydrogens is 226 g/mol. The third-order valence-electron chi connectivity index (χ3n) is 2.98. The van der Waals surface area contributed by atoms with Crippen LogP contribution in [0.3, 0.4) is 0 Å². The third kappa shape index (κ3) is 2.77. The molecular formula is C14H15N3O. The number of hydrogen-bond donors (Lipinski definition) is 1. The number of benzene rings is 1. The van der Waals surface area contributed by atoms with Gasteiger partial charge in [0, 0.05) is 18.2 Å². The van der Waals surface area contributed by atoms with Crippen molar-refractivity contribution in [1.29, 1.82) is 0 Å². The largest absolute Gasteiger partial charge is 0.399 e. The Morgan fingerprint density at radius 2 is 2.22 bits per heavy atom. The van der Waals surface area contributed by atoms with Crippen molar-refractivity contribution in [2.24, 2.45) is 5.92 Å². The number of nitrogen functional groups attached to an aromatic ring is 1. The molecule has 1 aliphatic carbocycles. The molecule has 1 aliphatic rings. The fourth-order valence-electron chi connectivity index (χ4n) is 1.83. The first-order valence-corrected chi connectivity index (χ1v) is 6.16. The predicted octanol–water partition coefficient (Wildman–Crippen LogP) is 2.77. The number of nitrogens with zero attached hydrogens (tertiary/aromatic N) is 2. The number of aromatic nitrogens is 2. The molecule has 2 N–H and O–H groups in total. The van der Waals surface area contributed by atoms with Crippen LogP contribution in [0.1, 0.15) is 30.1 Å². The predicted molar refractivity (Wildman–Crippen MR) is 70.5 cm³/mol. The zero-order chi connectivity index (χ0) is 12.4. The summed E-state index contributed by atoms with van der Waals surface area (Å²) in [6.45, 7) is 0. The van der Waals surface area contributed by atoms with Crippen molar-refractivity contribution in [3.8, 4) is 0 Å². The maximum absolute atomic E-state index is 5.71. The lowest BCUT2D eigenvalue weighted by Gasteiger charge is -1.94. The summed E-state index contributed by atoms with van der Waals surface area (Å²) >= 11 is 0.